The fourth-order valence-electron chi connectivity index (χ4n) is 1.53. The Morgan fingerprint density at radius 2 is 1.94 bits per heavy atom. The molecular formula is C15H17NO. The number of hydrogen-bond donors (Lipinski definition) is 0. The molecule has 1 rings (SSSR count). The average Bonchev–Trinajstić information content (AvgIpc) is 2.29. The summed E-state index contributed by atoms with van der Waals surface area (Å²) in [5, 5.41) is 0. The molecule has 0 aliphatic heterocycles. The summed E-state index contributed by atoms with van der Waals surface area (Å²) in [7, 11) is 0. The first-order chi connectivity index (χ1) is 8.13. The van der Waals surface area contributed by atoms with E-state index in [0.717, 1.165) is 5.70 Å². The molecule has 0 radical (unpaired) electrons. The third-order valence-corrected chi connectivity index (χ3v) is 2.27. The van der Waals surface area contributed by atoms with Gasteiger partial charge in [0.05, 0.1) is 6.54 Å². The van der Waals surface area contributed by atoms with Crippen LogP contribution in [0.15, 0.2) is 42.1 Å². The van der Waals surface area contributed by atoms with Crippen LogP contribution in [0.4, 0.5) is 0 Å². The first kappa shape index (κ1) is 13.1. The molecule has 1 aromatic rings. The number of ketones is 1. The average molecular weight is 227 g/mol. The summed E-state index contributed by atoms with van der Waals surface area (Å²) in [6.07, 6.45) is 1.60. The Kier molecular flexibility index (Phi) is 5.03. The van der Waals surface area contributed by atoms with Crippen molar-refractivity contribution < 1.29 is 4.79 Å². The highest BCUT2D eigenvalue weighted by atomic mass is 16.1. The van der Waals surface area contributed by atoms with E-state index >= 15 is 0 Å². The minimum atomic E-state index is 0.0402. The highest BCUT2D eigenvalue weighted by Gasteiger charge is 2.04. The van der Waals surface area contributed by atoms with Crippen molar-refractivity contribution in [2.24, 2.45) is 0 Å². The summed E-state index contributed by atoms with van der Waals surface area (Å²) in [4.78, 5) is 12.9. The van der Waals surface area contributed by atoms with Crippen LogP contribution in [0.5, 0.6) is 0 Å². The molecule has 2 nitrogen and oxygen atoms in total. The van der Waals surface area contributed by atoms with Crippen LogP contribution in [0.2, 0.25) is 0 Å². The molecule has 0 heterocycles. The van der Waals surface area contributed by atoms with E-state index in [1.165, 1.54) is 5.56 Å². The second kappa shape index (κ2) is 6.55. The Morgan fingerprint density at radius 1 is 1.29 bits per heavy atom. The first-order valence-electron chi connectivity index (χ1n) is 5.56. The van der Waals surface area contributed by atoms with Crippen LogP contribution in [-0.2, 0) is 11.3 Å². The van der Waals surface area contributed by atoms with Crippen LogP contribution in [0.3, 0.4) is 0 Å². The van der Waals surface area contributed by atoms with E-state index in [2.05, 4.69) is 12.0 Å². The van der Waals surface area contributed by atoms with Gasteiger partial charge in [0.1, 0.15) is 0 Å². The van der Waals surface area contributed by atoms with Gasteiger partial charge < -0.3 is 4.90 Å². The standard InChI is InChI=1S/C15H17NO/c1-4-10-16(13(2)11-14(3)17)12-15-8-6-5-7-9-15/h5-9,11H,12H2,1-3H3/b13-11-. The molecule has 0 aliphatic carbocycles. The molecule has 0 atom stereocenters. The lowest BCUT2D eigenvalue weighted by atomic mass is 10.2. The largest absolute Gasteiger partial charge is 0.301 e. The molecule has 0 saturated heterocycles. The van der Waals surface area contributed by atoms with E-state index in [1.54, 1.807) is 19.9 Å². The highest BCUT2D eigenvalue weighted by molar-refractivity contribution is 5.87. The molecule has 2 heteroatoms. The van der Waals surface area contributed by atoms with Gasteiger partial charge in [0.2, 0.25) is 0 Å². The molecule has 0 spiro atoms. The third-order valence-electron chi connectivity index (χ3n) is 2.27. The molecule has 0 aliphatic rings. The van der Waals surface area contributed by atoms with Gasteiger partial charge >= 0.3 is 0 Å². The van der Waals surface area contributed by atoms with Gasteiger partial charge in [0.25, 0.3) is 0 Å². The maximum absolute atomic E-state index is 11.1. The van der Waals surface area contributed by atoms with Crippen molar-refractivity contribution in [1.29, 1.82) is 0 Å². The second-order valence-electron chi connectivity index (χ2n) is 3.83. The van der Waals surface area contributed by atoms with Crippen LogP contribution in [0.25, 0.3) is 0 Å². The zero-order valence-electron chi connectivity index (χ0n) is 10.5. The smallest absolute Gasteiger partial charge is 0.154 e. The molecule has 0 aromatic heterocycles. The Labute approximate surface area is 103 Å². The topological polar surface area (TPSA) is 20.3 Å². The van der Waals surface area contributed by atoms with Gasteiger partial charge in [-0.25, -0.2) is 0 Å². The predicted molar refractivity (Wildman–Crippen MR) is 69.9 cm³/mol. The fraction of sp³-hybridized carbons (Fsp3) is 0.267. The van der Waals surface area contributed by atoms with Crippen molar-refractivity contribution in [1.82, 2.24) is 4.90 Å². The number of hydrogen-bond acceptors (Lipinski definition) is 2. The van der Waals surface area contributed by atoms with Crippen molar-refractivity contribution in [3.8, 4) is 12.0 Å². The Morgan fingerprint density at radius 3 is 2.47 bits per heavy atom. The SMILES string of the molecule is CC#CN(Cc1ccccc1)/C(C)=C\C(C)=O. The normalized spacial score (nSPS) is 10.4. The Bertz CT molecular complexity index is 463. The lowest BCUT2D eigenvalue weighted by molar-refractivity contribution is -0.112. The summed E-state index contributed by atoms with van der Waals surface area (Å²) in [6, 6.07) is 13.1. The molecule has 17 heavy (non-hydrogen) atoms. The van der Waals surface area contributed by atoms with E-state index in [1.807, 2.05) is 42.2 Å². The minimum absolute atomic E-state index is 0.0402. The Hall–Kier alpha value is -2.01. The zero-order chi connectivity index (χ0) is 12.7. The van der Waals surface area contributed by atoms with Crippen LogP contribution in [0, 0.1) is 12.0 Å². The van der Waals surface area contributed by atoms with Gasteiger partial charge in [-0.2, -0.15) is 0 Å². The summed E-state index contributed by atoms with van der Waals surface area (Å²) >= 11 is 0. The van der Waals surface area contributed by atoms with Gasteiger partial charge in [0.15, 0.2) is 5.78 Å². The monoisotopic (exact) mass is 227 g/mol. The number of allylic oxidation sites excluding steroid dienone is 2. The van der Waals surface area contributed by atoms with E-state index in [9.17, 15) is 4.79 Å². The molecule has 0 N–H and O–H groups in total. The van der Waals surface area contributed by atoms with Crippen molar-refractivity contribution in [3.63, 3.8) is 0 Å². The van der Waals surface area contributed by atoms with E-state index < -0.39 is 0 Å². The summed E-state index contributed by atoms with van der Waals surface area (Å²) in [5.41, 5.74) is 2.04. The van der Waals surface area contributed by atoms with Crippen molar-refractivity contribution in [3.05, 3.63) is 47.7 Å². The van der Waals surface area contributed by atoms with E-state index in [0.29, 0.717) is 6.54 Å². The number of rotatable bonds is 4. The highest BCUT2D eigenvalue weighted by Crippen LogP contribution is 2.09. The summed E-state index contributed by atoms with van der Waals surface area (Å²) in [6.45, 7) is 5.93. The van der Waals surface area contributed by atoms with Gasteiger partial charge in [-0.05, 0) is 26.3 Å². The first-order valence-corrected chi connectivity index (χ1v) is 5.56. The summed E-state index contributed by atoms with van der Waals surface area (Å²) in [5.74, 6) is 2.91. The van der Waals surface area contributed by atoms with Crippen molar-refractivity contribution in [2.75, 3.05) is 0 Å². The Balaban J connectivity index is 2.87. The second-order valence-corrected chi connectivity index (χ2v) is 3.83. The van der Waals surface area contributed by atoms with Crippen LogP contribution in [0.1, 0.15) is 26.3 Å². The molecule has 0 fully saturated rings. The fourth-order valence-corrected chi connectivity index (χ4v) is 1.53. The van der Waals surface area contributed by atoms with Gasteiger partial charge in [-0.15, -0.1) is 0 Å². The predicted octanol–water partition coefficient (Wildman–Crippen LogP) is 2.96. The number of benzene rings is 1. The molecule has 0 unspecified atom stereocenters. The molecule has 0 amide bonds. The van der Waals surface area contributed by atoms with Gasteiger partial charge in [-0.1, -0.05) is 36.3 Å². The number of carbonyl (C=O) groups is 1. The van der Waals surface area contributed by atoms with E-state index in [4.69, 9.17) is 0 Å². The maximum atomic E-state index is 11.1. The quantitative estimate of drug-likeness (QED) is 0.448. The van der Waals surface area contributed by atoms with Crippen LogP contribution >= 0.6 is 0 Å². The number of carbonyl (C=O) groups excluding carboxylic acids is 1. The van der Waals surface area contributed by atoms with Crippen molar-refractivity contribution >= 4 is 5.78 Å². The molecule has 0 bridgehead atoms. The third kappa shape index (κ3) is 4.56. The maximum Gasteiger partial charge on any atom is 0.154 e. The van der Waals surface area contributed by atoms with Gasteiger partial charge in [0, 0.05) is 17.8 Å². The minimum Gasteiger partial charge on any atom is -0.301 e. The van der Waals surface area contributed by atoms with Crippen LogP contribution < -0.4 is 0 Å². The molecule has 1 aromatic carbocycles. The zero-order valence-corrected chi connectivity index (χ0v) is 10.5. The lowest BCUT2D eigenvalue weighted by Gasteiger charge is -2.18. The van der Waals surface area contributed by atoms with Gasteiger partial charge in [-0.3, -0.25) is 4.79 Å². The molecular weight excluding hydrogens is 210 g/mol. The van der Waals surface area contributed by atoms with Crippen LogP contribution in [-0.4, -0.2) is 10.7 Å². The van der Waals surface area contributed by atoms with E-state index in [-0.39, 0.29) is 5.78 Å². The number of nitrogens with zero attached hydrogens (tertiary/aromatic N) is 1. The molecule has 88 valence electrons. The van der Waals surface area contributed by atoms with Crippen molar-refractivity contribution in [2.45, 2.75) is 27.3 Å². The summed E-state index contributed by atoms with van der Waals surface area (Å²) < 4.78 is 0. The lowest BCUT2D eigenvalue weighted by Crippen LogP contribution is -2.15. The molecule has 0 saturated carbocycles.